The van der Waals surface area contributed by atoms with Crippen molar-refractivity contribution in [3.63, 3.8) is 0 Å². The molecule has 0 aliphatic heterocycles. The van der Waals surface area contributed by atoms with Crippen molar-refractivity contribution in [2.45, 2.75) is 4.90 Å². The molecular weight excluding hydrogens is 284 g/mol. The van der Waals surface area contributed by atoms with Gasteiger partial charge >= 0.3 is 5.97 Å². The lowest BCUT2D eigenvalue weighted by Gasteiger charge is -2.11. The van der Waals surface area contributed by atoms with E-state index >= 15 is 0 Å². The molecule has 1 aromatic heterocycles. The van der Waals surface area contributed by atoms with E-state index in [1.165, 1.54) is 23.0 Å². The number of nitrogens with two attached hydrogens (primary N) is 1. The molecule has 9 heteroatoms. The molecule has 0 saturated carbocycles. The molecule has 0 atom stereocenters. The van der Waals surface area contributed by atoms with Gasteiger partial charge in [0.05, 0.1) is 11.8 Å². The summed E-state index contributed by atoms with van der Waals surface area (Å²) >= 11 is 0. The molecule has 0 bridgehead atoms. The van der Waals surface area contributed by atoms with Crippen LogP contribution in [0.1, 0.15) is 10.4 Å². The summed E-state index contributed by atoms with van der Waals surface area (Å²) < 4.78 is 28.1. The lowest BCUT2D eigenvalue weighted by atomic mass is 10.2. The highest BCUT2D eigenvalue weighted by Gasteiger charge is 2.23. The maximum Gasteiger partial charge on any atom is 0.337 e. The lowest BCUT2D eigenvalue weighted by Crippen LogP contribution is -2.18. The van der Waals surface area contributed by atoms with Crippen LogP contribution in [-0.4, -0.2) is 29.3 Å². The second-order valence-corrected chi connectivity index (χ2v) is 5.66. The van der Waals surface area contributed by atoms with Crippen LogP contribution < -0.4 is 10.5 Å². The lowest BCUT2D eigenvalue weighted by molar-refractivity contribution is 0.0692. The van der Waals surface area contributed by atoms with Crippen molar-refractivity contribution in [3.05, 3.63) is 36.0 Å². The van der Waals surface area contributed by atoms with Crippen LogP contribution in [0.3, 0.4) is 0 Å². The first-order valence-corrected chi connectivity index (χ1v) is 6.93. The molecule has 0 unspecified atom stereocenters. The van der Waals surface area contributed by atoms with Gasteiger partial charge in [-0.05, 0) is 18.2 Å². The zero-order valence-corrected chi connectivity index (χ0v) is 11.3. The number of aromatic carboxylic acids is 1. The Balaban J connectivity index is 2.52. The third kappa shape index (κ3) is 2.57. The van der Waals surface area contributed by atoms with Crippen molar-refractivity contribution < 1.29 is 18.3 Å². The quantitative estimate of drug-likeness (QED) is 0.705. The van der Waals surface area contributed by atoms with Crippen molar-refractivity contribution in [2.75, 3.05) is 10.5 Å². The molecule has 0 amide bonds. The maximum atomic E-state index is 12.3. The zero-order valence-electron chi connectivity index (χ0n) is 10.4. The SMILES string of the molecule is Cn1nccc1NS(=O)(=O)c1cc(N)ccc1C(=O)O. The normalized spacial score (nSPS) is 11.2. The minimum absolute atomic E-state index is 0.153. The van der Waals surface area contributed by atoms with Gasteiger partial charge < -0.3 is 10.8 Å². The van der Waals surface area contributed by atoms with E-state index < -0.39 is 20.9 Å². The number of carboxylic acid groups (broad SMARTS) is 1. The van der Waals surface area contributed by atoms with Crippen molar-refractivity contribution in [1.29, 1.82) is 0 Å². The summed E-state index contributed by atoms with van der Waals surface area (Å²) in [7, 11) is -2.52. The molecule has 20 heavy (non-hydrogen) atoms. The molecule has 0 aliphatic rings. The molecule has 2 rings (SSSR count). The number of sulfonamides is 1. The molecule has 8 nitrogen and oxygen atoms in total. The third-order valence-electron chi connectivity index (χ3n) is 2.59. The van der Waals surface area contributed by atoms with Crippen molar-refractivity contribution >= 4 is 27.5 Å². The molecule has 0 radical (unpaired) electrons. The number of rotatable bonds is 4. The molecule has 1 aromatic carbocycles. The average Bonchev–Trinajstić information content (AvgIpc) is 2.74. The number of nitrogens with one attached hydrogen (secondary N) is 1. The Labute approximate surface area is 114 Å². The molecule has 2 aromatic rings. The minimum Gasteiger partial charge on any atom is -0.478 e. The first-order valence-electron chi connectivity index (χ1n) is 5.45. The number of hydrogen-bond acceptors (Lipinski definition) is 5. The second-order valence-electron chi connectivity index (χ2n) is 4.01. The van der Waals surface area contributed by atoms with Gasteiger partial charge in [-0.25, -0.2) is 13.2 Å². The van der Waals surface area contributed by atoms with Gasteiger partial charge in [0, 0.05) is 18.8 Å². The van der Waals surface area contributed by atoms with Gasteiger partial charge in [0.15, 0.2) is 0 Å². The Morgan fingerprint density at radius 1 is 1.40 bits per heavy atom. The van der Waals surface area contributed by atoms with E-state index in [9.17, 15) is 13.2 Å². The summed E-state index contributed by atoms with van der Waals surface area (Å²) in [6.07, 6.45) is 1.41. The molecule has 4 N–H and O–H groups in total. The van der Waals surface area contributed by atoms with Gasteiger partial charge in [-0.15, -0.1) is 0 Å². The van der Waals surface area contributed by atoms with Crippen molar-refractivity contribution in [1.82, 2.24) is 9.78 Å². The second kappa shape index (κ2) is 4.85. The largest absolute Gasteiger partial charge is 0.478 e. The van der Waals surface area contributed by atoms with Gasteiger partial charge in [-0.2, -0.15) is 5.10 Å². The minimum atomic E-state index is -4.08. The first-order chi connectivity index (χ1) is 9.31. The van der Waals surface area contributed by atoms with Crippen LogP contribution in [-0.2, 0) is 17.1 Å². The highest BCUT2D eigenvalue weighted by molar-refractivity contribution is 7.92. The van der Waals surface area contributed by atoms with E-state index in [1.54, 1.807) is 7.05 Å². The number of nitrogens with zero attached hydrogens (tertiary/aromatic N) is 2. The number of aryl methyl sites for hydroxylation is 1. The first kappa shape index (κ1) is 13.9. The van der Waals surface area contributed by atoms with Gasteiger partial charge in [-0.3, -0.25) is 9.40 Å². The average molecular weight is 296 g/mol. The Hall–Kier alpha value is -2.55. The summed E-state index contributed by atoms with van der Waals surface area (Å²) in [5.41, 5.74) is 5.33. The number of carbonyl (C=O) groups is 1. The zero-order chi connectivity index (χ0) is 14.9. The number of nitrogen functional groups attached to an aromatic ring is 1. The van der Waals surface area contributed by atoms with E-state index in [-0.39, 0.29) is 17.1 Å². The topological polar surface area (TPSA) is 127 Å². The Kier molecular flexibility index (Phi) is 3.36. The van der Waals surface area contributed by atoms with Crippen LogP contribution in [0.4, 0.5) is 11.5 Å². The van der Waals surface area contributed by atoms with Gasteiger partial charge in [0.1, 0.15) is 10.7 Å². The van der Waals surface area contributed by atoms with E-state index in [4.69, 9.17) is 10.8 Å². The monoisotopic (exact) mass is 296 g/mol. The van der Waals surface area contributed by atoms with Crippen LogP contribution in [0.2, 0.25) is 0 Å². The van der Waals surface area contributed by atoms with E-state index in [2.05, 4.69) is 9.82 Å². The van der Waals surface area contributed by atoms with Crippen LogP contribution in [0.25, 0.3) is 0 Å². The number of carboxylic acids is 1. The van der Waals surface area contributed by atoms with Gasteiger partial charge in [-0.1, -0.05) is 0 Å². The van der Waals surface area contributed by atoms with Crippen LogP contribution in [0.5, 0.6) is 0 Å². The smallest absolute Gasteiger partial charge is 0.337 e. The summed E-state index contributed by atoms with van der Waals surface area (Å²) in [5, 5.41) is 12.9. The number of benzene rings is 1. The molecular formula is C11H12N4O4S. The summed E-state index contributed by atoms with van der Waals surface area (Å²) in [4.78, 5) is 10.7. The van der Waals surface area contributed by atoms with Crippen molar-refractivity contribution in [2.24, 2.45) is 7.05 Å². The molecule has 106 valence electrons. The van der Waals surface area contributed by atoms with Gasteiger partial charge in [0.2, 0.25) is 0 Å². The highest BCUT2D eigenvalue weighted by atomic mass is 32.2. The Morgan fingerprint density at radius 2 is 2.10 bits per heavy atom. The summed E-state index contributed by atoms with van der Waals surface area (Å²) in [6, 6.07) is 5.02. The van der Waals surface area contributed by atoms with Crippen LogP contribution in [0.15, 0.2) is 35.4 Å². The molecule has 0 saturated heterocycles. The predicted molar refractivity (Wildman–Crippen MR) is 71.8 cm³/mol. The van der Waals surface area contributed by atoms with E-state index in [0.29, 0.717) is 0 Å². The van der Waals surface area contributed by atoms with E-state index in [1.807, 2.05) is 0 Å². The Morgan fingerprint density at radius 3 is 2.65 bits per heavy atom. The fourth-order valence-corrected chi connectivity index (χ4v) is 2.93. The van der Waals surface area contributed by atoms with Gasteiger partial charge in [0.25, 0.3) is 10.0 Å². The van der Waals surface area contributed by atoms with Crippen molar-refractivity contribution in [3.8, 4) is 0 Å². The molecule has 0 spiro atoms. The molecule has 1 heterocycles. The molecule has 0 aliphatic carbocycles. The summed E-state index contributed by atoms with van der Waals surface area (Å²) in [6.45, 7) is 0. The maximum absolute atomic E-state index is 12.3. The third-order valence-corrected chi connectivity index (χ3v) is 3.98. The van der Waals surface area contributed by atoms with E-state index in [0.717, 1.165) is 12.1 Å². The Bertz CT molecular complexity index is 766. The number of anilines is 2. The predicted octanol–water partition coefficient (Wildman–Crippen LogP) is 0.501. The number of aromatic nitrogens is 2. The summed E-state index contributed by atoms with van der Waals surface area (Å²) in [5.74, 6) is -1.14. The van der Waals surface area contributed by atoms with Crippen LogP contribution >= 0.6 is 0 Å². The molecule has 0 fully saturated rings. The highest BCUT2D eigenvalue weighted by Crippen LogP contribution is 2.22. The standard InChI is InChI=1S/C11H12N4O4S/c1-15-10(4-5-13-15)14-20(18,19)9-6-7(12)2-3-8(9)11(16)17/h2-6,14H,12H2,1H3,(H,16,17). The van der Waals surface area contributed by atoms with Crippen LogP contribution in [0, 0.1) is 0 Å². The fourth-order valence-electron chi connectivity index (χ4n) is 1.60. The number of hydrogen-bond donors (Lipinski definition) is 3. The fraction of sp³-hybridized carbons (Fsp3) is 0.0909.